The van der Waals surface area contributed by atoms with Gasteiger partial charge < -0.3 is 65.8 Å². The van der Waals surface area contributed by atoms with Gasteiger partial charge in [0.2, 0.25) is 65.0 Å². The lowest BCUT2D eigenvalue weighted by Gasteiger charge is -2.41. The molecule has 0 spiro atoms. The van der Waals surface area contributed by atoms with E-state index < -0.39 is 167 Å². The van der Waals surface area contributed by atoms with Crippen LogP contribution < -0.4 is 21.3 Å². The SMILES string of the molecule is C/C=C/C[C@@H](C)[C@@H](O)[C@@H]1C(=O)N[C@H](CC)C(=O)N(C)[C@H](CSCC(=O)O)C(=O)N(C)[C@@H](CC(C)C)C(=O)N[C@H](C(C)C)C(=O)N(C)[C@H](CC(C)C)C(=O)N[C@H](C)C(=O)N[C@@H](C)C(=O)N(C)[C@H](CC(C)C)C(=O)N(C)[C@H](CC(C)C)C(=O)N(C)[C@H](C(C)C)C(=O)N1C. The van der Waals surface area contributed by atoms with Gasteiger partial charge in [-0.2, -0.15) is 0 Å². The number of carboxylic acid groups (broad SMARTS) is 1. The van der Waals surface area contributed by atoms with Crippen molar-refractivity contribution in [3.8, 4) is 0 Å². The summed E-state index contributed by atoms with van der Waals surface area (Å²) >= 11 is 0.835. The number of thioether (sulfide) groups is 1. The monoisotopic (exact) mass is 1310 g/mol. The molecule has 6 N–H and O–H groups in total. The van der Waals surface area contributed by atoms with Gasteiger partial charge in [0.05, 0.1) is 11.9 Å². The van der Waals surface area contributed by atoms with Crippen LogP contribution in [0.25, 0.3) is 0 Å². The number of carboxylic acids is 1. The summed E-state index contributed by atoms with van der Waals surface area (Å²) in [6, 6.07) is -14.5. The van der Waals surface area contributed by atoms with Gasteiger partial charge in [-0.3, -0.25) is 57.5 Å². The van der Waals surface area contributed by atoms with Crippen LogP contribution in [0.2, 0.25) is 0 Å². The van der Waals surface area contributed by atoms with Crippen molar-refractivity contribution in [2.24, 2.45) is 41.4 Å². The Morgan fingerprint density at radius 3 is 1.31 bits per heavy atom. The van der Waals surface area contributed by atoms with Crippen molar-refractivity contribution in [3.05, 3.63) is 12.2 Å². The van der Waals surface area contributed by atoms with Crippen LogP contribution in [0.3, 0.4) is 0 Å². The molecule has 0 radical (unpaired) electrons. The van der Waals surface area contributed by atoms with Gasteiger partial charge in [-0.15, -0.1) is 11.8 Å². The molecule has 1 fully saturated rings. The van der Waals surface area contributed by atoms with Crippen LogP contribution in [-0.2, 0) is 57.5 Å². The van der Waals surface area contributed by atoms with Crippen LogP contribution in [0.4, 0.5) is 0 Å². The molecule has 91 heavy (non-hydrogen) atoms. The zero-order valence-corrected chi connectivity index (χ0v) is 59.9. The molecule has 0 aliphatic carbocycles. The Kier molecular flexibility index (Phi) is 34.5. The molecule has 13 atom stereocenters. The standard InChI is InChI=1S/C65H115N11O14S/c1-25-27-28-41(15)54(79)53-58(83)68-44(26-2)60(85)74(22)49(33-91-34-50(77)78)63(88)70(18)46(30-36(5)6)57(82)69-51(39(11)12)64(89)71(19)45(29-35(3)4)56(81)66-42(16)55(80)67-43(17)59(84)72(20)47(31-37(7)8)61(86)73(21)48(32-38(9)10)62(87)75(23)52(40(13)14)65(90)76(53)24/h25,27,35-49,51-54,79H,26,28-34H2,1-24H3,(H,66,81)(H,67,80)(H,68,83)(H,69,82)(H,77,78)/b27-25+/t41-,42-,43+,44-,45-,46+,47-,48-,49-,51-,52-,53-,54-/m1/s1. The second-order valence-corrected chi connectivity index (χ2v) is 28.2. The van der Waals surface area contributed by atoms with Crippen LogP contribution >= 0.6 is 11.8 Å². The summed E-state index contributed by atoms with van der Waals surface area (Å²) < 4.78 is 0. The molecular formula is C65H115N11O14S. The molecule has 0 bridgehead atoms. The Bertz CT molecular complexity index is 2530. The van der Waals surface area contributed by atoms with Gasteiger partial charge in [-0.05, 0) is 101 Å². The first kappa shape index (κ1) is 82.7. The second kappa shape index (κ2) is 38.0. The van der Waals surface area contributed by atoms with Crippen molar-refractivity contribution in [2.75, 3.05) is 60.8 Å². The van der Waals surface area contributed by atoms with Gasteiger partial charge in [0.1, 0.15) is 66.5 Å². The van der Waals surface area contributed by atoms with E-state index in [1.807, 2.05) is 55.4 Å². The van der Waals surface area contributed by atoms with Crippen molar-refractivity contribution in [3.63, 3.8) is 0 Å². The Labute approximate surface area is 547 Å². The van der Waals surface area contributed by atoms with Crippen molar-refractivity contribution in [1.82, 2.24) is 55.6 Å². The van der Waals surface area contributed by atoms with Gasteiger partial charge >= 0.3 is 5.97 Å². The summed E-state index contributed by atoms with van der Waals surface area (Å²) in [4.78, 5) is 183. The number of hydrogen-bond acceptors (Lipinski definition) is 14. The molecule has 1 saturated heterocycles. The van der Waals surface area contributed by atoms with E-state index in [9.17, 15) is 43.8 Å². The third-order valence-corrected chi connectivity index (χ3v) is 17.9. The first-order valence-corrected chi connectivity index (χ1v) is 33.4. The number of carbonyl (C=O) groups is 12. The van der Waals surface area contributed by atoms with E-state index in [1.54, 1.807) is 60.6 Å². The van der Waals surface area contributed by atoms with Gasteiger partial charge in [0, 0.05) is 55.1 Å². The molecule has 0 unspecified atom stereocenters. The highest BCUT2D eigenvalue weighted by atomic mass is 32.2. The smallest absolute Gasteiger partial charge is 0.313 e. The normalized spacial score (nSPS) is 26.7. The average Bonchev–Trinajstić information content (AvgIpc) is 0.906. The minimum atomic E-state index is -1.69. The van der Waals surface area contributed by atoms with Crippen molar-refractivity contribution in [1.29, 1.82) is 0 Å². The zero-order valence-electron chi connectivity index (χ0n) is 59.1. The molecule has 0 saturated carbocycles. The number of aliphatic hydroxyl groups is 1. The highest BCUT2D eigenvalue weighted by molar-refractivity contribution is 8.00. The minimum Gasteiger partial charge on any atom is -0.481 e. The van der Waals surface area contributed by atoms with Crippen molar-refractivity contribution < 1.29 is 67.7 Å². The van der Waals surface area contributed by atoms with Crippen LogP contribution in [-0.4, -0.2) is 249 Å². The van der Waals surface area contributed by atoms with E-state index in [4.69, 9.17) is 0 Å². The lowest BCUT2D eigenvalue weighted by Crippen LogP contribution is -2.64. The van der Waals surface area contributed by atoms with Crippen LogP contribution in [0.1, 0.15) is 156 Å². The zero-order chi connectivity index (χ0) is 70.5. The Hall–Kier alpha value is -6.31. The van der Waals surface area contributed by atoms with E-state index in [2.05, 4.69) is 21.3 Å². The first-order valence-electron chi connectivity index (χ1n) is 32.2. The molecule has 1 rings (SSSR count). The number of nitrogens with one attached hydrogen (secondary N) is 4. The number of likely N-dealkylation sites (N-methyl/N-ethyl adjacent to an activating group) is 7. The van der Waals surface area contributed by atoms with Crippen LogP contribution in [0, 0.1) is 41.4 Å². The van der Waals surface area contributed by atoms with Gasteiger partial charge in [0.25, 0.3) is 0 Å². The number of hydrogen-bond donors (Lipinski definition) is 6. The van der Waals surface area contributed by atoms with Gasteiger partial charge in [-0.1, -0.05) is 109 Å². The molecule has 520 valence electrons. The summed E-state index contributed by atoms with van der Waals surface area (Å²) in [7, 11) is 9.68. The number of aliphatic hydroxyl groups excluding tert-OH is 1. The maximum absolute atomic E-state index is 15.3. The van der Waals surface area contributed by atoms with Gasteiger partial charge in [0.15, 0.2) is 0 Å². The van der Waals surface area contributed by atoms with E-state index in [0.29, 0.717) is 0 Å². The molecule has 26 heteroatoms. The largest absolute Gasteiger partial charge is 0.481 e. The van der Waals surface area contributed by atoms with Crippen LogP contribution in [0.15, 0.2) is 12.2 Å². The molecule has 1 heterocycles. The summed E-state index contributed by atoms with van der Waals surface area (Å²) in [6.07, 6.45) is 2.58. The number of rotatable bonds is 19. The van der Waals surface area contributed by atoms with E-state index in [1.165, 1.54) is 82.8 Å². The third kappa shape index (κ3) is 23.6. The molecular weight excluding hydrogens is 1190 g/mol. The highest BCUT2D eigenvalue weighted by Gasteiger charge is 2.46. The average molecular weight is 1310 g/mol. The summed E-state index contributed by atoms with van der Waals surface area (Å²) in [5.74, 6) is -12.7. The number of aliphatic carboxylic acids is 1. The van der Waals surface area contributed by atoms with Crippen LogP contribution in [0.5, 0.6) is 0 Å². The fourth-order valence-corrected chi connectivity index (χ4v) is 12.1. The number of allylic oxidation sites excluding steroid dienone is 2. The molecule has 1 aliphatic rings. The predicted octanol–water partition coefficient (Wildman–Crippen LogP) is 3.46. The number of amides is 11. The topological polar surface area (TPSA) is 316 Å². The lowest BCUT2D eigenvalue weighted by molar-refractivity contribution is -0.157. The summed E-state index contributed by atoms with van der Waals surface area (Å²) in [5.41, 5.74) is 0. The maximum Gasteiger partial charge on any atom is 0.313 e. The Morgan fingerprint density at radius 1 is 0.473 bits per heavy atom. The van der Waals surface area contributed by atoms with E-state index in [-0.39, 0.29) is 67.9 Å². The summed E-state index contributed by atoms with van der Waals surface area (Å²) in [6.45, 7) is 29.4. The third-order valence-electron chi connectivity index (χ3n) is 16.9. The highest BCUT2D eigenvalue weighted by Crippen LogP contribution is 2.26. The molecule has 0 aromatic carbocycles. The number of carbonyl (C=O) groups excluding carboxylic acids is 11. The van der Waals surface area contributed by atoms with Gasteiger partial charge in [-0.25, -0.2) is 0 Å². The second-order valence-electron chi connectivity index (χ2n) is 27.2. The molecule has 0 aromatic heterocycles. The number of nitrogens with zero attached hydrogens (tertiary/aromatic N) is 7. The summed E-state index contributed by atoms with van der Waals surface area (Å²) in [5, 5.41) is 32.9. The lowest BCUT2D eigenvalue weighted by atomic mass is 9.91. The predicted molar refractivity (Wildman–Crippen MR) is 352 cm³/mol. The Balaban J connectivity index is 4.52. The van der Waals surface area contributed by atoms with Crippen molar-refractivity contribution in [2.45, 2.75) is 229 Å². The molecule has 11 amide bonds. The molecule has 0 aromatic rings. The fourth-order valence-electron chi connectivity index (χ4n) is 11.2. The van der Waals surface area contributed by atoms with Crippen molar-refractivity contribution >= 4 is 82.7 Å². The quantitative estimate of drug-likeness (QED) is 0.101. The fraction of sp³-hybridized carbons (Fsp3) is 0.785. The van der Waals surface area contributed by atoms with E-state index >= 15 is 24.0 Å². The minimum absolute atomic E-state index is 0.0539. The maximum atomic E-state index is 15.3. The molecule has 1 aliphatic heterocycles. The molecule has 25 nitrogen and oxygen atoms in total. The first-order chi connectivity index (χ1) is 42.0. The van der Waals surface area contributed by atoms with E-state index in [0.717, 1.165) is 26.5 Å². The Morgan fingerprint density at radius 2 is 0.868 bits per heavy atom.